The first-order chi connectivity index (χ1) is 10.1. The maximum absolute atomic E-state index is 13.2. The molecule has 0 aliphatic heterocycles. The van der Waals surface area contributed by atoms with Gasteiger partial charge in [0.1, 0.15) is 18.2 Å². The Kier molecular flexibility index (Phi) is 4.90. The number of hydrogen-bond donors (Lipinski definition) is 2. The Morgan fingerprint density at radius 1 is 1.14 bits per heavy atom. The van der Waals surface area contributed by atoms with Crippen LogP contribution in [0.3, 0.4) is 0 Å². The van der Waals surface area contributed by atoms with E-state index in [1.807, 2.05) is 12.1 Å². The predicted octanol–water partition coefficient (Wildman–Crippen LogP) is 2.64. The number of rotatable bonds is 6. The Hall–Kier alpha value is -2.40. The second-order valence-corrected chi connectivity index (χ2v) is 4.51. The van der Waals surface area contributed by atoms with Crippen LogP contribution in [0, 0.1) is 5.82 Å². The van der Waals surface area contributed by atoms with Crippen LogP contribution < -0.4 is 4.74 Å². The average molecular weight is 290 g/mol. The summed E-state index contributed by atoms with van der Waals surface area (Å²) in [4.78, 5) is 11.1. The van der Waals surface area contributed by atoms with Crippen LogP contribution in [0.15, 0.2) is 42.5 Å². The lowest BCUT2D eigenvalue weighted by Crippen LogP contribution is -2.06. The standard InChI is InChI=1S/C16H15FO4/c17-13-3-6-15(16(19)20)12(9-13)10-21-14-4-1-11(2-5-14)7-8-18/h1-6,9,18H,7-8,10H2,(H,19,20). The summed E-state index contributed by atoms with van der Waals surface area (Å²) in [5.41, 5.74) is 1.28. The molecule has 0 unspecified atom stereocenters. The van der Waals surface area contributed by atoms with E-state index in [1.54, 1.807) is 12.1 Å². The van der Waals surface area contributed by atoms with Gasteiger partial charge in [-0.15, -0.1) is 0 Å². The maximum Gasteiger partial charge on any atom is 0.336 e. The molecule has 0 saturated heterocycles. The molecule has 0 radical (unpaired) electrons. The van der Waals surface area contributed by atoms with E-state index in [0.29, 0.717) is 12.2 Å². The average Bonchev–Trinajstić information content (AvgIpc) is 2.46. The lowest BCUT2D eigenvalue weighted by Gasteiger charge is -2.09. The van der Waals surface area contributed by atoms with Crippen molar-refractivity contribution in [1.29, 1.82) is 0 Å². The molecular formula is C16H15FO4. The summed E-state index contributed by atoms with van der Waals surface area (Å²) < 4.78 is 18.7. The molecule has 0 saturated carbocycles. The molecule has 2 aromatic rings. The van der Waals surface area contributed by atoms with Gasteiger partial charge in [0.2, 0.25) is 0 Å². The highest BCUT2D eigenvalue weighted by molar-refractivity contribution is 5.89. The van der Waals surface area contributed by atoms with E-state index in [4.69, 9.17) is 14.9 Å². The maximum atomic E-state index is 13.2. The number of aliphatic hydroxyl groups is 1. The summed E-state index contributed by atoms with van der Waals surface area (Å²) >= 11 is 0. The number of halogens is 1. The third kappa shape index (κ3) is 4.03. The second-order valence-electron chi connectivity index (χ2n) is 4.51. The Balaban J connectivity index is 2.08. The number of hydrogen-bond acceptors (Lipinski definition) is 3. The molecule has 0 aliphatic carbocycles. The molecule has 2 N–H and O–H groups in total. The minimum atomic E-state index is -1.12. The third-order valence-electron chi connectivity index (χ3n) is 3.02. The molecule has 21 heavy (non-hydrogen) atoms. The number of aliphatic hydroxyl groups excluding tert-OH is 1. The SMILES string of the molecule is O=C(O)c1ccc(F)cc1COc1ccc(CCO)cc1. The van der Waals surface area contributed by atoms with Gasteiger partial charge in [-0.05, 0) is 42.3 Å². The van der Waals surface area contributed by atoms with Crippen molar-refractivity contribution in [2.45, 2.75) is 13.0 Å². The number of carboxylic acids is 1. The topological polar surface area (TPSA) is 66.8 Å². The zero-order valence-corrected chi connectivity index (χ0v) is 11.3. The molecule has 0 aromatic heterocycles. The molecule has 110 valence electrons. The van der Waals surface area contributed by atoms with E-state index in [0.717, 1.165) is 17.7 Å². The van der Waals surface area contributed by atoms with Crippen LogP contribution in [0.5, 0.6) is 5.75 Å². The minimum absolute atomic E-state index is 0.0216. The number of aromatic carboxylic acids is 1. The van der Waals surface area contributed by atoms with Gasteiger partial charge < -0.3 is 14.9 Å². The van der Waals surface area contributed by atoms with E-state index < -0.39 is 11.8 Å². The first kappa shape index (κ1) is 15.0. The molecule has 0 spiro atoms. The van der Waals surface area contributed by atoms with Crippen LogP contribution in [0.4, 0.5) is 4.39 Å². The largest absolute Gasteiger partial charge is 0.489 e. The van der Waals surface area contributed by atoms with Gasteiger partial charge in [-0.1, -0.05) is 12.1 Å². The quantitative estimate of drug-likeness (QED) is 0.858. The fourth-order valence-electron chi connectivity index (χ4n) is 1.93. The van der Waals surface area contributed by atoms with E-state index in [2.05, 4.69) is 0 Å². The van der Waals surface area contributed by atoms with Crippen molar-refractivity contribution in [1.82, 2.24) is 0 Å². The number of ether oxygens (including phenoxy) is 1. The van der Waals surface area contributed by atoms with Crippen molar-refractivity contribution in [2.24, 2.45) is 0 Å². The molecule has 0 heterocycles. The van der Waals surface area contributed by atoms with Crippen LogP contribution in [-0.2, 0) is 13.0 Å². The molecule has 2 rings (SSSR count). The zero-order valence-electron chi connectivity index (χ0n) is 11.3. The molecular weight excluding hydrogens is 275 g/mol. The Morgan fingerprint density at radius 3 is 2.48 bits per heavy atom. The van der Waals surface area contributed by atoms with Crippen molar-refractivity contribution >= 4 is 5.97 Å². The third-order valence-corrected chi connectivity index (χ3v) is 3.02. The van der Waals surface area contributed by atoms with Gasteiger partial charge >= 0.3 is 5.97 Å². The van der Waals surface area contributed by atoms with Crippen LogP contribution >= 0.6 is 0 Å². The van der Waals surface area contributed by atoms with Crippen LogP contribution in [-0.4, -0.2) is 22.8 Å². The zero-order chi connectivity index (χ0) is 15.2. The highest BCUT2D eigenvalue weighted by atomic mass is 19.1. The van der Waals surface area contributed by atoms with Gasteiger partial charge in [-0.2, -0.15) is 0 Å². The highest BCUT2D eigenvalue weighted by Gasteiger charge is 2.11. The summed E-state index contributed by atoms with van der Waals surface area (Å²) in [7, 11) is 0. The van der Waals surface area contributed by atoms with Gasteiger partial charge in [-0.3, -0.25) is 0 Å². The summed E-state index contributed by atoms with van der Waals surface area (Å²) in [5, 5.41) is 17.9. The lowest BCUT2D eigenvalue weighted by atomic mass is 10.1. The van der Waals surface area contributed by atoms with E-state index >= 15 is 0 Å². The van der Waals surface area contributed by atoms with Crippen molar-refractivity contribution in [3.8, 4) is 5.75 Å². The first-order valence-electron chi connectivity index (χ1n) is 6.44. The minimum Gasteiger partial charge on any atom is -0.489 e. The van der Waals surface area contributed by atoms with Crippen molar-refractivity contribution in [2.75, 3.05) is 6.61 Å². The van der Waals surface area contributed by atoms with Gasteiger partial charge in [0, 0.05) is 12.2 Å². The Bertz CT molecular complexity index is 623. The fourth-order valence-corrected chi connectivity index (χ4v) is 1.93. The molecule has 4 nitrogen and oxygen atoms in total. The monoisotopic (exact) mass is 290 g/mol. The molecule has 0 amide bonds. The van der Waals surface area contributed by atoms with Crippen LogP contribution in [0.2, 0.25) is 0 Å². The molecule has 2 aromatic carbocycles. The summed E-state index contributed by atoms with van der Waals surface area (Å²) in [6.45, 7) is 0.0458. The smallest absolute Gasteiger partial charge is 0.336 e. The van der Waals surface area contributed by atoms with Crippen molar-refractivity contribution < 1.29 is 24.1 Å². The number of benzene rings is 2. The van der Waals surface area contributed by atoms with Gasteiger partial charge in [0.15, 0.2) is 0 Å². The lowest BCUT2D eigenvalue weighted by molar-refractivity contribution is 0.0694. The molecule has 0 fully saturated rings. The Labute approximate surface area is 121 Å². The van der Waals surface area contributed by atoms with E-state index in [9.17, 15) is 9.18 Å². The van der Waals surface area contributed by atoms with Crippen LogP contribution in [0.1, 0.15) is 21.5 Å². The first-order valence-corrected chi connectivity index (χ1v) is 6.44. The van der Waals surface area contributed by atoms with Gasteiger partial charge in [0.25, 0.3) is 0 Å². The second kappa shape index (κ2) is 6.85. The predicted molar refractivity (Wildman–Crippen MR) is 74.9 cm³/mol. The highest BCUT2D eigenvalue weighted by Crippen LogP contribution is 2.17. The summed E-state index contributed by atoms with van der Waals surface area (Å²) in [5.74, 6) is -1.07. The van der Waals surface area contributed by atoms with Crippen molar-refractivity contribution in [3.05, 3.63) is 65.0 Å². The molecule has 0 bridgehead atoms. The van der Waals surface area contributed by atoms with Gasteiger partial charge in [0.05, 0.1) is 5.56 Å². The van der Waals surface area contributed by atoms with Gasteiger partial charge in [-0.25, -0.2) is 9.18 Å². The molecule has 5 heteroatoms. The number of carboxylic acid groups (broad SMARTS) is 1. The van der Waals surface area contributed by atoms with Crippen LogP contribution in [0.25, 0.3) is 0 Å². The molecule has 0 atom stereocenters. The molecule has 0 aliphatic rings. The Morgan fingerprint density at radius 2 is 1.86 bits per heavy atom. The van der Waals surface area contributed by atoms with E-state index in [-0.39, 0.29) is 24.3 Å². The summed E-state index contributed by atoms with van der Waals surface area (Å²) in [6, 6.07) is 10.6. The van der Waals surface area contributed by atoms with E-state index in [1.165, 1.54) is 6.07 Å². The number of carbonyl (C=O) groups is 1. The fraction of sp³-hybridized carbons (Fsp3) is 0.188. The summed E-state index contributed by atoms with van der Waals surface area (Å²) in [6.07, 6.45) is 0.563. The normalized spacial score (nSPS) is 10.4. The van der Waals surface area contributed by atoms with Crippen molar-refractivity contribution in [3.63, 3.8) is 0 Å².